The van der Waals surface area contributed by atoms with Crippen LogP contribution in [0.5, 0.6) is 5.75 Å². The molecule has 1 aliphatic heterocycles. The van der Waals surface area contributed by atoms with Gasteiger partial charge in [0.25, 0.3) is 0 Å². The second-order valence-electron chi connectivity index (χ2n) is 5.35. The predicted molar refractivity (Wildman–Crippen MR) is 97.2 cm³/mol. The van der Waals surface area contributed by atoms with E-state index in [0.29, 0.717) is 21.6 Å². The number of rotatable bonds is 5. The lowest BCUT2D eigenvalue weighted by Gasteiger charge is -2.36. The second kappa shape index (κ2) is 8.00. The first-order valence-electron chi connectivity index (χ1n) is 7.40. The lowest BCUT2D eigenvalue weighted by atomic mass is 10.0. The fourth-order valence-corrected chi connectivity index (χ4v) is 5.85. The Morgan fingerprint density at radius 3 is 2.76 bits per heavy atom. The zero-order chi connectivity index (χ0) is 15.4. The van der Waals surface area contributed by atoms with Crippen LogP contribution in [0.1, 0.15) is 32.4 Å². The molecule has 1 aromatic rings. The van der Waals surface area contributed by atoms with Crippen LogP contribution in [0.15, 0.2) is 18.2 Å². The highest BCUT2D eigenvalue weighted by molar-refractivity contribution is 8.07. The largest absolute Gasteiger partial charge is 0.495 e. The van der Waals surface area contributed by atoms with Crippen LogP contribution in [0.3, 0.4) is 0 Å². The fraction of sp³-hybridized carbons (Fsp3) is 0.625. The Balaban J connectivity index is 2.22. The first-order chi connectivity index (χ1) is 10.1. The molecule has 0 radical (unpaired) electrons. The van der Waals surface area contributed by atoms with Crippen LogP contribution in [0.25, 0.3) is 0 Å². The van der Waals surface area contributed by atoms with Gasteiger partial charge in [-0.05, 0) is 24.2 Å². The summed E-state index contributed by atoms with van der Waals surface area (Å²) in [6.45, 7) is 7.78. The molecule has 0 spiro atoms. The van der Waals surface area contributed by atoms with Crippen molar-refractivity contribution in [2.75, 3.05) is 19.4 Å². The Kier molecular flexibility index (Phi) is 6.60. The van der Waals surface area contributed by atoms with Crippen molar-refractivity contribution < 1.29 is 4.74 Å². The van der Waals surface area contributed by atoms with Gasteiger partial charge in [-0.1, -0.05) is 38.4 Å². The van der Waals surface area contributed by atoms with E-state index in [1.807, 2.05) is 6.07 Å². The molecule has 0 aromatic heterocycles. The molecule has 1 aliphatic rings. The van der Waals surface area contributed by atoms with Gasteiger partial charge >= 0.3 is 0 Å². The van der Waals surface area contributed by atoms with Crippen LogP contribution < -0.4 is 10.1 Å². The Labute approximate surface area is 141 Å². The van der Waals surface area contributed by atoms with Crippen molar-refractivity contribution in [2.24, 2.45) is 0 Å². The highest BCUT2D eigenvalue weighted by Gasteiger charge is 2.32. The number of halogens is 1. The summed E-state index contributed by atoms with van der Waals surface area (Å²) in [5.41, 5.74) is 1.26. The third kappa shape index (κ3) is 4.25. The van der Waals surface area contributed by atoms with Crippen molar-refractivity contribution in [2.45, 2.75) is 42.6 Å². The standard InChI is InChI=1S/C16H24ClNOS2/c1-5-18-16(15-9-20-10(2)11(3)21-15)12-6-7-13(17)14(8-12)19-4/h6-8,10-11,15-16,18H,5,9H2,1-4H3. The molecule has 4 unspecified atom stereocenters. The first-order valence-corrected chi connectivity index (χ1v) is 9.77. The quantitative estimate of drug-likeness (QED) is 0.839. The molecule has 0 bridgehead atoms. The predicted octanol–water partition coefficient (Wildman–Crippen LogP) is 4.62. The molecule has 1 saturated heterocycles. The molecule has 0 aliphatic carbocycles. The van der Waals surface area contributed by atoms with Gasteiger partial charge in [0.05, 0.1) is 12.1 Å². The summed E-state index contributed by atoms with van der Waals surface area (Å²) in [6.07, 6.45) is 0. The van der Waals surface area contributed by atoms with E-state index in [1.165, 1.54) is 11.3 Å². The summed E-state index contributed by atoms with van der Waals surface area (Å²) in [5.74, 6) is 1.94. The monoisotopic (exact) mass is 345 g/mol. The summed E-state index contributed by atoms with van der Waals surface area (Å²) in [6, 6.07) is 6.47. The van der Waals surface area contributed by atoms with Gasteiger partial charge in [0.15, 0.2) is 0 Å². The van der Waals surface area contributed by atoms with Gasteiger partial charge in [-0.3, -0.25) is 0 Å². The van der Waals surface area contributed by atoms with Gasteiger partial charge in [-0.25, -0.2) is 0 Å². The van der Waals surface area contributed by atoms with Crippen molar-refractivity contribution >= 4 is 35.1 Å². The van der Waals surface area contributed by atoms with Gasteiger partial charge in [-0.2, -0.15) is 23.5 Å². The Morgan fingerprint density at radius 2 is 2.14 bits per heavy atom. The molecular weight excluding hydrogens is 322 g/mol. The van der Waals surface area contributed by atoms with Crippen LogP contribution in [0.4, 0.5) is 0 Å². The van der Waals surface area contributed by atoms with Crippen LogP contribution in [-0.4, -0.2) is 35.2 Å². The molecule has 2 rings (SSSR count). The summed E-state index contributed by atoms with van der Waals surface area (Å²) >= 11 is 10.3. The van der Waals surface area contributed by atoms with E-state index in [2.05, 4.69) is 61.7 Å². The summed E-state index contributed by atoms with van der Waals surface area (Å²) in [5, 5.41) is 6.30. The minimum Gasteiger partial charge on any atom is -0.495 e. The zero-order valence-corrected chi connectivity index (χ0v) is 15.4. The normalized spacial score (nSPS) is 27.4. The molecule has 1 aromatic carbocycles. The molecule has 21 heavy (non-hydrogen) atoms. The average molecular weight is 346 g/mol. The van der Waals surface area contributed by atoms with E-state index < -0.39 is 0 Å². The molecule has 1 N–H and O–H groups in total. The van der Waals surface area contributed by atoms with E-state index in [9.17, 15) is 0 Å². The van der Waals surface area contributed by atoms with E-state index >= 15 is 0 Å². The first kappa shape index (κ1) is 17.3. The Hall–Kier alpha value is -0.0300. The number of nitrogens with one attached hydrogen (secondary N) is 1. The van der Waals surface area contributed by atoms with Crippen LogP contribution >= 0.6 is 35.1 Å². The van der Waals surface area contributed by atoms with E-state index in [-0.39, 0.29) is 0 Å². The number of thioether (sulfide) groups is 2. The number of benzene rings is 1. The highest BCUT2D eigenvalue weighted by atomic mass is 35.5. The Bertz CT molecular complexity index is 472. The molecule has 0 saturated carbocycles. The molecule has 4 atom stereocenters. The van der Waals surface area contributed by atoms with Gasteiger partial charge in [0, 0.05) is 27.5 Å². The van der Waals surface area contributed by atoms with Crippen LogP contribution in [0.2, 0.25) is 5.02 Å². The molecule has 1 fully saturated rings. The topological polar surface area (TPSA) is 21.3 Å². The average Bonchev–Trinajstić information content (AvgIpc) is 2.48. The third-order valence-corrected chi connectivity index (χ3v) is 7.71. The van der Waals surface area contributed by atoms with Crippen molar-refractivity contribution in [1.29, 1.82) is 0 Å². The molecule has 5 heteroatoms. The van der Waals surface area contributed by atoms with Crippen LogP contribution in [0, 0.1) is 0 Å². The maximum absolute atomic E-state index is 6.15. The summed E-state index contributed by atoms with van der Waals surface area (Å²) in [7, 11) is 1.67. The van der Waals surface area contributed by atoms with Crippen molar-refractivity contribution in [1.82, 2.24) is 5.32 Å². The highest BCUT2D eigenvalue weighted by Crippen LogP contribution is 2.42. The number of hydrogen-bond donors (Lipinski definition) is 1. The smallest absolute Gasteiger partial charge is 0.137 e. The molecular formula is C16H24ClNOS2. The van der Waals surface area contributed by atoms with Crippen LogP contribution in [-0.2, 0) is 0 Å². The minimum atomic E-state index is 0.341. The lowest BCUT2D eigenvalue weighted by molar-refractivity contribution is 0.413. The Morgan fingerprint density at radius 1 is 1.38 bits per heavy atom. The van der Waals surface area contributed by atoms with Crippen molar-refractivity contribution in [3.63, 3.8) is 0 Å². The fourth-order valence-electron chi connectivity index (χ4n) is 2.54. The number of hydrogen-bond acceptors (Lipinski definition) is 4. The molecule has 1 heterocycles. The summed E-state index contributed by atoms with van der Waals surface area (Å²) < 4.78 is 5.37. The number of ether oxygens (including phenoxy) is 1. The zero-order valence-electron chi connectivity index (χ0n) is 13.1. The lowest BCUT2D eigenvalue weighted by Crippen LogP contribution is -2.37. The minimum absolute atomic E-state index is 0.341. The maximum atomic E-state index is 6.15. The summed E-state index contributed by atoms with van der Waals surface area (Å²) in [4.78, 5) is 0. The maximum Gasteiger partial charge on any atom is 0.137 e. The molecule has 0 amide bonds. The van der Waals surface area contributed by atoms with Gasteiger partial charge in [0.2, 0.25) is 0 Å². The SMILES string of the molecule is CCNC(c1ccc(Cl)c(OC)c1)C1CSC(C)C(C)S1. The molecule has 2 nitrogen and oxygen atoms in total. The van der Waals surface area contributed by atoms with Gasteiger partial charge < -0.3 is 10.1 Å². The van der Waals surface area contributed by atoms with E-state index in [1.54, 1.807) is 7.11 Å². The number of methoxy groups -OCH3 is 1. The van der Waals surface area contributed by atoms with Gasteiger partial charge in [-0.15, -0.1) is 0 Å². The third-order valence-electron chi connectivity index (χ3n) is 3.90. The second-order valence-corrected chi connectivity index (χ2v) is 8.79. The van der Waals surface area contributed by atoms with E-state index in [0.717, 1.165) is 17.5 Å². The van der Waals surface area contributed by atoms with Gasteiger partial charge in [0.1, 0.15) is 5.75 Å². The van der Waals surface area contributed by atoms with Crippen molar-refractivity contribution in [3.8, 4) is 5.75 Å². The van der Waals surface area contributed by atoms with E-state index in [4.69, 9.17) is 16.3 Å². The van der Waals surface area contributed by atoms with Crippen molar-refractivity contribution in [3.05, 3.63) is 28.8 Å². The molecule has 118 valence electrons.